The van der Waals surface area contributed by atoms with Gasteiger partial charge in [0.25, 0.3) is 0 Å². The van der Waals surface area contributed by atoms with Gasteiger partial charge >= 0.3 is 0 Å². The van der Waals surface area contributed by atoms with Gasteiger partial charge in [-0.3, -0.25) is 4.79 Å². The molecule has 9 heteroatoms. The first kappa shape index (κ1) is 22.5. The summed E-state index contributed by atoms with van der Waals surface area (Å²) in [5, 5.41) is 14.6. The molecule has 0 radical (unpaired) electrons. The van der Waals surface area contributed by atoms with Gasteiger partial charge in [-0.05, 0) is 35.2 Å². The quantitative estimate of drug-likeness (QED) is 0.355. The molecule has 1 amide bonds. The lowest BCUT2D eigenvalue weighted by molar-refractivity contribution is -0.119. The fraction of sp³-hybridized carbons (Fsp3) is 0.115. The second-order valence-electron chi connectivity index (χ2n) is 7.70. The average Bonchev–Trinajstić information content (AvgIpc) is 3.38. The fourth-order valence-corrected chi connectivity index (χ4v) is 4.57. The van der Waals surface area contributed by atoms with Crippen LogP contribution in [-0.4, -0.2) is 33.1 Å². The first-order chi connectivity index (χ1) is 17.1. The number of aromatic nitrogens is 4. The Morgan fingerprint density at radius 1 is 1.03 bits per heavy atom. The van der Waals surface area contributed by atoms with E-state index in [0.29, 0.717) is 29.3 Å². The Hall–Kier alpha value is -4.24. The first-order valence-electron chi connectivity index (χ1n) is 10.8. The second-order valence-corrected chi connectivity index (χ2v) is 8.62. The molecule has 0 saturated heterocycles. The molecule has 0 bridgehead atoms. The Balaban J connectivity index is 1.50. The number of thiophene rings is 1. The van der Waals surface area contributed by atoms with Gasteiger partial charge in [0.05, 0.1) is 11.1 Å². The van der Waals surface area contributed by atoms with Crippen LogP contribution in [0.3, 0.4) is 0 Å². The molecule has 5 rings (SSSR count). The van der Waals surface area contributed by atoms with Crippen molar-refractivity contribution in [1.82, 2.24) is 25.5 Å². The molecule has 0 aliphatic heterocycles. The third-order valence-electron chi connectivity index (χ3n) is 5.43. The van der Waals surface area contributed by atoms with E-state index >= 15 is 0 Å². The van der Waals surface area contributed by atoms with Gasteiger partial charge in [-0.15, -0.1) is 21.5 Å². The maximum absolute atomic E-state index is 14.1. The largest absolute Gasteiger partial charge is 0.485 e. The molecular weight excluding hydrogens is 465 g/mol. The highest BCUT2D eigenvalue weighted by molar-refractivity contribution is 7.17. The SMILES string of the molecule is CNC(=O)Cc1ccc(-c2nnc(-c3ccc(F)cc3OCc3ncccn3)c3sccc23)cc1. The zero-order valence-electron chi connectivity index (χ0n) is 18.7. The molecule has 35 heavy (non-hydrogen) atoms. The van der Waals surface area contributed by atoms with E-state index in [1.54, 1.807) is 31.6 Å². The van der Waals surface area contributed by atoms with E-state index in [2.05, 4.69) is 25.5 Å². The second kappa shape index (κ2) is 9.94. The zero-order valence-corrected chi connectivity index (χ0v) is 19.6. The molecule has 0 saturated carbocycles. The maximum atomic E-state index is 14.1. The summed E-state index contributed by atoms with van der Waals surface area (Å²) in [5.41, 5.74) is 3.78. The number of ether oxygens (including phenoxy) is 1. The van der Waals surface area contributed by atoms with E-state index in [1.807, 2.05) is 35.7 Å². The van der Waals surface area contributed by atoms with E-state index in [-0.39, 0.29) is 12.5 Å². The van der Waals surface area contributed by atoms with E-state index in [4.69, 9.17) is 4.74 Å². The number of rotatable bonds is 7. The summed E-state index contributed by atoms with van der Waals surface area (Å²) in [4.78, 5) is 20.0. The van der Waals surface area contributed by atoms with Crippen molar-refractivity contribution in [2.24, 2.45) is 0 Å². The molecule has 3 heterocycles. The van der Waals surface area contributed by atoms with Gasteiger partial charge in [-0.1, -0.05) is 24.3 Å². The van der Waals surface area contributed by atoms with Crippen molar-refractivity contribution in [3.05, 3.63) is 89.6 Å². The van der Waals surface area contributed by atoms with Crippen LogP contribution in [0, 0.1) is 5.82 Å². The molecule has 3 aromatic heterocycles. The molecule has 174 valence electrons. The van der Waals surface area contributed by atoms with Crippen molar-refractivity contribution < 1.29 is 13.9 Å². The standard InChI is InChI=1S/C26H20FN5O2S/c1-28-23(33)13-16-3-5-17(6-4-16)24-20-9-12-35-26(20)25(32-31-24)19-8-7-18(27)14-21(19)34-15-22-29-10-2-11-30-22/h2-12,14H,13,15H2,1H3,(H,28,33). The minimum Gasteiger partial charge on any atom is -0.485 e. The normalized spacial score (nSPS) is 10.9. The number of amides is 1. The van der Waals surface area contributed by atoms with Crippen molar-refractivity contribution in [2.45, 2.75) is 13.0 Å². The van der Waals surface area contributed by atoms with Crippen molar-refractivity contribution in [1.29, 1.82) is 0 Å². The lowest BCUT2D eigenvalue weighted by Crippen LogP contribution is -2.19. The highest BCUT2D eigenvalue weighted by Crippen LogP contribution is 2.39. The van der Waals surface area contributed by atoms with Crippen LogP contribution in [0.25, 0.3) is 32.6 Å². The Labute approximate surface area is 204 Å². The Kier molecular flexibility index (Phi) is 6.40. The molecule has 2 aromatic carbocycles. The molecule has 0 unspecified atom stereocenters. The smallest absolute Gasteiger partial charge is 0.224 e. The van der Waals surface area contributed by atoms with Gasteiger partial charge < -0.3 is 10.1 Å². The summed E-state index contributed by atoms with van der Waals surface area (Å²) < 4.78 is 20.9. The summed E-state index contributed by atoms with van der Waals surface area (Å²) >= 11 is 1.53. The molecule has 0 fully saturated rings. The summed E-state index contributed by atoms with van der Waals surface area (Å²) in [6.07, 6.45) is 3.57. The predicted molar refractivity (Wildman–Crippen MR) is 132 cm³/mol. The van der Waals surface area contributed by atoms with Gasteiger partial charge in [0, 0.05) is 42.0 Å². The molecule has 0 atom stereocenters. The first-order valence-corrected chi connectivity index (χ1v) is 11.7. The number of carbonyl (C=O) groups is 1. The van der Waals surface area contributed by atoms with E-state index < -0.39 is 5.82 Å². The van der Waals surface area contributed by atoms with Gasteiger partial charge in [0.2, 0.25) is 5.91 Å². The summed E-state index contributed by atoms with van der Waals surface area (Å²) in [6.45, 7) is 0.0960. The lowest BCUT2D eigenvalue weighted by atomic mass is 10.0. The molecule has 0 spiro atoms. The summed E-state index contributed by atoms with van der Waals surface area (Å²) in [5.74, 6) is 0.373. The number of hydrogen-bond donors (Lipinski definition) is 1. The van der Waals surface area contributed by atoms with Crippen LogP contribution in [0.2, 0.25) is 0 Å². The van der Waals surface area contributed by atoms with Crippen LogP contribution in [-0.2, 0) is 17.8 Å². The highest BCUT2D eigenvalue weighted by atomic mass is 32.1. The van der Waals surface area contributed by atoms with Crippen molar-refractivity contribution in [3.63, 3.8) is 0 Å². The van der Waals surface area contributed by atoms with Gasteiger partial charge in [0.15, 0.2) is 5.82 Å². The van der Waals surface area contributed by atoms with Crippen molar-refractivity contribution in [3.8, 4) is 28.3 Å². The van der Waals surface area contributed by atoms with Gasteiger partial charge in [0.1, 0.15) is 29.6 Å². The number of nitrogens with zero attached hydrogens (tertiary/aromatic N) is 4. The van der Waals surface area contributed by atoms with E-state index in [9.17, 15) is 9.18 Å². The van der Waals surface area contributed by atoms with Crippen LogP contribution in [0.4, 0.5) is 4.39 Å². The fourth-order valence-electron chi connectivity index (χ4n) is 3.68. The number of fused-ring (bicyclic) bond motifs is 1. The third-order valence-corrected chi connectivity index (χ3v) is 6.35. The molecular formula is C26H20FN5O2S. The zero-order chi connectivity index (χ0) is 24.2. The maximum Gasteiger partial charge on any atom is 0.224 e. The highest BCUT2D eigenvalue weighted by Gasteiger charge is 2.18. The Morgan fingerprint density at radius 2 is 1.80 bits per heavy atom. The van der Waals surface area contributed by atoms with Gasteiger partial charge in [-0.2, -0.15) is 0 Å². The average molecular weight is 486 g/mol. The third kappa shape index (κ3) is 4.85. The number of likely N-dealkylation sites (N-methyl/N-ethyl adjacent to an activating group) is 1. The van der Waals surface area contributed by atoms with E-state index in [1.165, 1.54) is 23.5 Å². The number of halogens is 1. The van der Waals surface area contributed by atoms with Crippen molar-refractivity contribution >= 4 is 27.3 Å². The monoisotopic (exact) mass is 485 g/mol. The molecule has 1 N–H and O–H groups in total. The summed E-state index contributed by atoms with van der Waals surface area (Å²) in [6, 6.07) is 15.8. The number of benzene rings is 2. The molecule has 0 aliphatic rings. The van der Waals surface area contributed by atoms with Crippen molar-refractivity contribution in [2.75, 3.05) is 7.05 Å². The number of hydrogen-bond acceptors (Lipinski definition) is 7. The van der Waals surface area contributed by atoms with Crippen LogP contribution >= 0.6 is 11.3 Å². The van der Waals surface area contributed by atoms with Crippen LogP contribution in [0.15, 0.2) is 72.4 Å². The topological polar surface area (TPSA) is 89.9 Å². The minimum absolute atomic E-state index is 0.0433. The van der Waals surface area contributed by atoms with Crippen LogP contribution < -0.4 is 10.1 Å². The number of carbonyl (C=O) groups excluding carboxylic acids is 1. The molecule has 0 aliphatic carbocycles. The van der Waals surface area contributed by atoms with E-state index in [0.717, 1.165) is 26.9 Å². The molecule has 5 aromatic rings. The molecule has 7 nitrogen and oxygen atoms in total. The Morgan fingerprint density at radius 3 is 2.57 bits per heavy atom. The minimum atomic E-state index is -0.415. The number of nitrogens with one attached hydrogen (secondary N) is 1. The lowest BCUT2D eigenvalue weighted by Gasteiger charge is -2.12. The van der Waals surface area contributed by atoms with Crippen LogP contribution in [0.5, 0.6) is 5.75 Å². The Bertz CT molecular complexity index is 1490. The van der Waals surface area contributed by atoms with Crippen LogP contribution in [0.1, 0.15) is 11.4 Å². The van der Waals surface area contributed by atoms with Gasteiger partial charge in [-0.25, -0.2) is 14.4 Å². The predicted octanol–water partition coefficient (Wildman–Crippen LogP) is 4.82. The summed E-state index contributed by atoms with van der Waals surface area (Å²) in [7, 11) is 1.62.